The smallest absolute Gasteiger partial charge is 0.236 e. The fourth-order valence-electron chi connectivity index (χ4n) is 1.48. The van der Waals surface area contributed by atoms with Crippen LogP contribution >= 0.6 is 22.6 Å². The third-order valence-electron chi connectivity index (χ3n) is 2.35. The second kappa shape index (κ2) is 5.31. The zero-order valence-electron chi connectivity index (χ0n) is 9.24. The van der Waals surface area contributed by atoms with E-state index in [4.69, 9.17) is 4.52 Å². The van der Waals surface area contributed by atoms with Gasteiger partial charge in [-0.05, 0) is 6.92 Å². The molecule has 1 N–H and O–H groups in total. The molecular weight excluding hydrogens is 331 g/mol. The molecule has 88 valence electrons. The average Bonchev–Trinajstić information content (AvgIpc) is 2.72. The summed E-state index contributed by atoms with van der Waals surface area (Å²) in [6.07, 6.45) is 0. The van der Waals surface area contributed by atoms with Crippen molar-refractivity contribution in [2.75, 3.05) is 9.74 Å². The van der Waals surface area contributed by atoms with E-state index < -0.39 is 0 Å². The van der Waals surface area contributed by atoms with Gasteiger partial charge in [0.05, 0.1) is 4.43 Å². The van der Waals surface area contributed by atoms with Crippen LogP contribution < -0.4 is 5.32 Å². The molecule has 0 saturated heterocycles. The second-order valence-corrected chi connectivity index (χ2v) is 4.30. The first-order valence-electron chi connectivity index (χ1n) is 5.10. The zero-order chi connectivity index (χ0) is 12.3. The molecule has 1 amide bonds. The molecule has 1 heterocycles. The lowest BCUT2D eigenvalue weighted by atomic mass is 10.1. The monoisotopic (exact) mass is 342 g/mol. The number of benzene rings is 1. The molecule has 0 unspecified atom stereocenters. The largest absolute Gasteiger partial charge is 0.338 e. The fraction of sp³-hybridized carbons (Fsp3) is 0.167. The van der Waals surface area contributed by atoms with Crippen molar-refractivity contribution in [2.45, 2.75) is 6.92 Å². The molecule has 4 nitrogen and oxygen atoms in total. The third kappa shape index (κ3) is 2.66. The Hall–Kier alpha value is -1.37. The summed E-state index contributed by atoms with van der Waals surface area (Å²) >= 11 is 2.00. The van der Waals surface area contributed by atoms with Gasteiger partial charge in [-0.25, -0.2) is 0 Å². The van der Waals surface area contributed by atoms with Crippen molar-refractivity contribution in [3.8, 4) is 11.3 Å². The van der Waals surface area contributed by atoms with Gasteiger partial charge >= 0.3 is 0 Å². The lowest BCUT2D eigenvalue weighted by Gasteiger charge is -1.99. The minimum Gasteiger partial charge on any atom is -0.338 e. The normalized spacial score (nSPS) is 10.2. The Morgan fingerprint density at radius 1 is 1.41 bits per heavy atom. The minimum atomic E-state index is -0.0931. The quantitative estimate of drug-likeness (QED) is 0.689. The van der Waals surface area contributed by atoms with Crippen molar-refractivity contribution < 1.29 is 9.32 Å². The van der Waals surface area contributed by atoms with Gasteiger partial charge in [-0.1, -0.05) is 58.1 Å². The predicted octanol–water partition coefficient (Wildman–Crippen LogP) is 3.02. The highest BCUT2D eigenvalue weighted by Gasteiger charge is 2.14. The van der Waals surface area contributed by atoms with Crippen molar-refractivity contribution in [1.82, 2.24) is 5.16 Å². The van der Waals surface area contributed by atoms with E-state index in [2.05, 4.69) is 10.5 Å². The van der Waals surface area contributed by atoms with E-state index in [1.54, 1.807) is 0 Å². The molecule has 0 aliphatic carbocycles. The Kier molecular flexibility index (Phi) is 3.78. The van der Waals surface area contributed by atoms with Crippen LogP contribution in [0.15, 0.2) is 34.9 Å². The SMILES string of the molecule is Cc1c(-c2ccccc2)noc1NC(=O)CI. The maximum absolute atomic E-state index is 11.3. The van der Waals surface area contributed by atoms with E-state index in [-0.39, 0.29) is 5.91 Å². The van der Waals surface area contributed by atoms with Crippen LogP contribution in [0.4, 0.5) is 5.88 Å². The highest BCUT2D eigenvalue weighted by atomic mass is 127. The summed E-state index contributed by atoms with van der Waals surface area (Å²) in [5.74, 6) is 0.329. The first-order chi connectivity index (χ1) is 8.22. The van der Waals surface area contributed by atoms with Gasteiger partial charge in [0, 0.05) is 11.1 Å². The predicted molar refractivity (Wildman–Crippen MR) is 74.2 cm³/mol. The van der Waals surface area contributed by atoms with Crippen LogP contribution in [0.25, 0.3) is 11.3 Å². The number of alkyl halides is 1. The molecule has 0 spiro atoms. The van der Waals surface area contributed by atoms with Crippen molar-refractivity contribution in [1.29, 1.82) is 0 Å². The number of hydrogen-bond acceptors (Lipinski definition) is 3. The molecule has 17 heavy (non-hydrogen) atoms. The average molecular weight is 342 g/mol. The van der Waals surface area contributed by atoms with Gasteiger partial charge < -0.3 is 4.52 Å². The highest BCUT2D eigenvalue weighted by Crippen LogP contribution is 2.27. The van der Waals surface area contributed by atoms with Crippen molar-refractivity contribution in [3.63, 3.8) is 0 Å². The standard InChI is InChI=1S/C12H11IN2O2/c1-8-11(9-5-3-2-4-6-9)15-17-12(8)14-10(16)7-13/h2-6H,7H2,1H3,(H,14,16). The number of anilines is 1. The van der Waals surface area contributed by atoms with E-state index in [1.165, 1.54) is 0 Å². The van der Waals surface area contributed by atoms with E-state index in [0.29, 0.717) is 10.3 Å². The summed E-state index contributed by atoms with van der Waals surface area (Å²) in [4.78, 5) is 11.3. The van der Waals surface area contributed by atoms with Gasteiger partial charge in [0.2, 0.25) is 11.8 Å². The van der Waals surface area contributed by atoms with E-state index in [1.807, 2.05) is 59.8 Å². The lowest BCUT2D eigenvalue weighted by Crippen LogP contribution is -2.12. The lowest BCUT2D eigenvalue weighted by molar-refractivity contribution is -0.113. The molecule has 1 aromatic heterocycles. The maximum Gasteiger partial charge on any atom is 0.236 e. The number of halogens is 1. The topological polar surface area (TPSA) is 55.1 Å². The molecule has 2 aromatic rings. The Balaban J connectivity index is 2.30. The van der Waals surface area contributed by atoms with Crippen LogP contribution in [-0.4, -0.2) is 15.5 Å². The summed E-state index contributed by atoms with van der Waals surface area (Å²) in [6.45, 7) is 1.88. The summed E-state index contributed by atoms with van der Waals surface area (Å²) in [7, 11) is 0. The van der Waals surface area contributed by atoms with Crippen LogP contribution in [-0.2, 0) is 4.79 Å². The van der Waals surface area contributed by atoms with E-state index >= 15 is 0 Å². The van der Waals surface area contributed by atoms with Gasteiger partial charge in [0.15, 0.2) is 0 Å². The Bertz CT molecular complexity index is 523. The maximum atomic E-state index is 11.3. The molecule has 0 radical (unpaired) electrons. The van der Waals surface area contributed by atoms with Crippen LogP contribution in [0.5, 0.6) is 0 Å². The van der Waals surface area contributed by atoms with Gasteiger partial charge in [-0.2, -0.15) is 0 Å². The highest BCUT2D eigenvalue weighted by molar-refractivity contribution is 14.1. The van der Waals surface area contributed by atoms with Crippen LogP contribution in [0.1, 0.15) is 5.56 Å². The number of nitrogens with zero attached hydrogens (tertiary/aromatic N) is 1. The summed E-state index contributed by atoms with van der Waals surface area (Å²) in [6, 6.07) is 9.72. The summed E-state index contributed by atoms with van der Waals surface area (Å²) in [5.41, 5.74) is 2.58. The van der Waals surface area contributed by atoms with Gasteiger partial charge in [0.25, 0.3) is 0 Å². The third-order valence-corrected chi connectivity index (χ3v) is 3.04. The first-order valence-corrected chi connectivity index (χ1v) is 6.62. The molecule has 0 fully saturated rings. The van der Waals surface area contributed by atoms with Crippen LogP contribution in [0, 0.1) is 6.92 Å². The van der Waals surface area contributed by atoms with Crippen molar-refractivity contribution >= 4 is 34.4 Å². The molecule has 0 aliphatic heterocycles. The molecule has 0 aliphatic rings. The van der Waals surface area contributed by atoms with Crippen molar-refractivity contribution in [3.05, 3.63) is 35.9 Å². The number of amides is 1. The molecule has 0 saturated carbocycles. The number of rotatable bonds is 3. The Morgan fingerprint density at radius 2 is 2.12 bits per heavy atom. The molecule has 1 aromatic carbocycles. The van der Waals surface area contributed by atoms with E-state index in [0.717, 1.165) is 16.8 Å². The fourth-order valence-corrected chi connectivity index (χ4v) is 1.67. The van der Waals surface area contributed by atoms with Gasteiger partial charge in [-0.3, -0.25) is 10.1 Å². The number of carbonyl (C=O) groups excluding carboxylic acids is 1. The molecule has 0 atom stereocenters. The summed E-state index contributed by atoms with van der Waals surface area (Å²) in [5, 5.41) is 6.66. The molecule has 2 rings (SSSR count). The van der Waals surface area contributed by atoms with Gasteiger partial charge in [0.1, 0.15) is 5.69 Å². The van der Waals surface area contributed by atoms with Gasteiger partial charge in [-0.15, -0.1) is 0 Å². The number of aromatic nitrogens is 1. The molecule has 5 heteroatoms. The first kappa shape index (κ1) is 12.1. The second-order valence-electron chi connectivity index (χ2n) is 3.53. The molecular formula is C12H11IN2O2. The number of carbonyl (C=O) groups is 1. The van der Waals surface area contributed by atoms with E-state index in [9.17, 15) is 4.79 Å². The molecule has 0 bridgehead atoms. The minimum absolute atomic E-state index is 0.0931. The zero-order valence-corrected chi connectivity index (χ0v) is 11.4. The van der Waals surface area contributed by atoms with Crippen LogP contribution in [0.2, 0.25) is 0 Å². The summed E-state index contributed by atoms with van der Waals surface area (Å²) < 4.78 is 5.52. The Labute approximate surface area is 113 Å². The van der Waals surface area contributed by atoms with Crippen molar-refractivity contribution in [2.24, 2.45) is 0 Å². The number of nitrogens with one attached hydrogen (secondary N) is 1. The Morgan fingerprint density at radius 3 is 2.76 bits per heavy atom. The number of hydrogen-bond donors (Lipinski definition) is 1. The van der Waals surface area contributed by atoms with Crippen LogP contribution in [0.3, 0.4) is 0 Å².